The fourth-order valence-electron chi connectivity index (χ4n) is 2.30. The molecule has 0 saturated heterocycles. The number of rotatable bonds is 10. The minimum absolute atomic E-state index is 0.00575. The molecule has 20 heavy (non-hydrogen) atoms. The Morgan fingerprint density at radius 2 is 1.85 bits per heavy atom. The van der Waals surface area contributed by atoms with Gasteiger partial charge < -0.3 is 14.4 Å². The van der Waals surface area contributed by atoms with Gasteiger partial charge in [0.15, 0.2) is 0 Å². The Morgan fingerprint density at radius 1 is 1.15 bits per heavy atom. The summed E-state index contributed by atoms with van der Waals surface area (Å²) < 4.78 is 11.6. The molecule has 2 unspecified atom stereocenters. The minimum Gasteiger partial charge on any atom is -0.379 e. The second kappa shape index (κ2) is 9.94. The van der Waals surface area contributed by atoms with E-state index in [0.717, 1.165) is 38.9 Å². The highest BCUT2D eigenvalue weighted by atomic mass is 16.5. The normalized spacial score (nSPS) is 22.6. The Bertz CT molecular complexity index is 304. The third-order valence-corrected chi connectivity index (χ3v) is 3.57. The van der Waals surface area contributed by atoms with Gasteiger partial charge in [0.25, 0.3) is 0 Å². The lowest BCUT2D eigenvalue weighted by molar-refractivity contribution is -0.135. The number of carbonyl (C=O) groups is 1. The maximum Gasteiger partial charge on any atom is 0.246 e. The molecular formula is C16H29NO3. The third kappa shape index (κ3) is 5.25. The van der Waals surface area contributed by atoms with E-state index in [1.807, 2.05) is 17.9 Å². The molecule has 0 saturated carbocycles. The van der Waals surface area contributed by atoms with Crippen molar-refractivity contribution in [1.29, 1.82) is 0 Å². The molecule has 0 aromatic heterocycles. The van der Waals surface area contributed by atoms with Gasteiger partial charge in [0.05, 0.1) is 18.8 Å². The zero-order valence-corrected chi connectivity index (χ0v) is 13.1. The van der Waals surface area contributed by atoms with E-state index in [4.69, 9.17) is 9.47 Å². The molecule has 1 aliphatic rings. The number of hydrogen-bond donors (Lipinski definition) is 0. The van der Waals surface area contributed by atoms with Crippen molar-refractivity contribution >= 4 is 5.91 Å². The molecular weight excluding hydrogens is 254 g/mol. The number of nitrogens with zero attached hydrogens (tertiary/aromatic N) is 1. The predicted molar refractivity (Wildman–Crippen MR) is 80.7 cm³/mol. The minimum atomic E-state index is -0.0409. The summed E-state index contributed by atoms with van der Waals surface area (Å²) in [5.41, 5.74) is 0. The van der Waals surface area contributed by atoms with Gasteiger partial charge in [-0.15, -0.1) is 0 Å². The highest BCUT2D eigenvalue weighted by molar-refractivity contribution is 5.89. The van der Waals surface area contributed by atoms with Crippen molar-refractivity contribution < 1.29 is 14.3 Å². The van der Waals surface area contributed by atoms with E-state index in [1.54, 1.807) is 6.08 Å². The van der Waals surface area contributed by atoms with Crippen LogP contribution >= 0.6 is 0 Å². The highest BCUT2D eigenvalue weighted by Crippen LogP contribution is 2.17. The van der Waals surface area contributed by atoms with Crippen LogP contribution in [-0.4, -0.2) is 49.3 Å². The van der Waals surface area contributed by atoms with Crippen molar-refractivity contribution in [2.75, 3.05) is 26.4 Å². The number of carbonyl (C=O) groups excluding carboxylic acids is 1. The summed E-state index contributed by atoms with van der Waals surface area (Å²) >= 11 is 0. The first kappa shape index (κ1) is 17.2. The van der Waals surface area contributed by atoms with Crippen LogP contribution in [0.3, 0.4) is 0 Å². The molecule has 0 N–H and O–H groups in total. The second-order valence-electron chi connectivity index (χ2n) is 5.17. The first-order chi connectivity index (χ1) is 9.74. The van der Waals surface area contributed by atoms with Gasteiger partial charge in [0, 0.05) is 25.8 Å². The summed E-state index contributed by atoms with van der Waals surface area (Å²) in [7, 11) is 0. The Hall–Kier alpha value is -0.870. The Morgan fingerprint density at radius 3 is 2.50 bits per heavy atom. The smallest absolute Gasteiger partial charge is 0.246 e. The van der Waals surface area contributed by atoms with Crippen LogP contribution in [0.4, 0.5) is 0 Å². The summed E-state index contributed by atoms with van der Waals surface area (Å²) in [6, 6.07) is 0.00575. The molecule has 116 valence electrons. The summed E-state index contributed by atoms with van der Waals surface area (Å²) in [4.78, 5) is 13.8. The van der Waals surface area contributed by atoms with Gasteiger partial charge in [-0.1, -0.05) is 26.7 Å². The number of amides is 1. The lowest BCUT2D eigenvalue weighted by Gasteiger charge is -2.37. The van der Waals surface area contributed by atoms with E-state index in [9.17, 15) is 4.79 Å². The summed E-state index contributed by atoms with van der Waals surface area (Å²) in [6.07, 6.45) is 7.82. The molecule has 2 atom stereocenters. The lowest BCUT2D eigenvalue weighted by Crippen LogP contribution is -2.52. The van der Waals surface area contributed by atoms with E-state index >= 15 is 0 Å². The molecule has 1 heterocycles. The number of ether oxygens (including phenoxy) is 2. The molecule has 0 aromatic carbocycles. The molecule has 0 bridgehead atoms. The standard InChI is InChI=1S/C16H29NO3/c1-4-7-11-19-13-14-15(20-12-8-5-2)9-10-16(18)17(14)6-3/h9-10,14-15H,4-8,11-13H2,1-3H3. The maximum absolute atomic E-state index is 11.9. The average molecular weight is 283 g/mol. The molecule has 0 fully saturated rings. The van der Waals surface area contributed by atoms with Gasteiger partial charge in [-0.2, -0.15) is 0 Å². The number of likely N-dealkylation sites (N-methyl/N-ethyl adjacent to an activating group) is 1. The zero-order valence-electron chi connectivity index (χ0n) is 13.1. The number of unbranched alkanes of at least 4 members (excludes halogenated alkanes) is 2. The molecule has 1 rings (SSSR count). The quantitative estimate of drug-likeness (QED) is 0.579. The molecule has 0 aliphatic carbocycles. The fourth-order valence-corrected chi connectivity index (χ4v) is 2.30. The van der Waals surface area contributed by atoms with Crippen LogP contribution in [0.25, 0.3) is 0 Å². The van der Waals surface area contributed by atoms with Crippen molar-refractivity contribution in [3.63, 3.8) is 0 Å². The molecule has 0 radical (unpaired) electrons. The van der Waals surface area contributed by atoms with Crippen LogP contribution in [0.2, 0.25) is 0 Å². The Labute approximate surface area is 123 Å². The first-order valence-corrected chi connectivity index (χ1v) is 7.92. The molecule has 0 aromatic rings. The Balaban J connectivity index is 2.57. The van der Waals surface area contributed by atoms with Crippen molar-refractivity contribution in [2.45, 2.75) is 58.6 Å². The van der Waals surface area contributed by atoms with Crippen molar-refractivity contribution in [1.82, 2.24) is 4.90 Å². The molecule has 1 amide bonds. The first-order valence-electron chi connectivity index (χ1n) is 7.92. The van der Waals surface area contributed by atoms with E-state index in [-0.39, 0.29) is 18.1 Å². The van der Waals surface area contributed by atoms with E-state index in [0.29, 0.717) is 13.2 Å². The molecule has 0 spiro atoms. The van der Waals surface area contributed by atoms with Gasteiger partial charge >= 0.3 is 0 Å². The molecule has 4 heteroatoms. The Kier molecular flexibility index (Phi) is 8.54. The van der Waals surface area contributed by atoms with E-state index in [2.05, 4.69) is 13.8 Å². The molecule has 1 aliphatic heterocycles. The van der Waals surface area contributed by atoms with Crippen molar-refractivity contribution in [3.05, 3.63) is 12.2 Å². The maximum atomic E-state index is 11.9. The van der Waals surface area contributed by atoms with Crippen LogP contribution in [-0.2, 0) is 14.3 Å². The van der Waals surface area contributed by atoms with Gasteiger partial charge in [-0.3, -0.25) is 4.79 Å². The highest BCUT2D eigenvalue weighted by Gasteiger charge is 2.32. The van der Waals surface area contributed by atoms with Crippen LogP contribution in [0.15, 0.2) is 12.2 Å². The third-order valence-electron chi connectivity index (χ3n) is 3.57. The van der Waals surface area contributed by atoms with Gasteiger partial charge in [-0.05, 0) is 25.8 Å². The average Bonchev–Trinajstić information content (AvgIpc) is 2.46. The monoisotopic (exact) mass is 283 g/mol. The molecule has 4 nitrogen and oxygen atoms in total. The predicted octanol–water partition coefficient (Wildman–Crippen LogP) is 2.78. The largest absolute Gasteiger partial charge is 0.379 e. The van der Waals surface area contributed by atoms with Crippen LogP contribution in [0, 0.1) is 0 Å². The van der Waals surface area contributed by atoms with Crippen LogP contribution < -0.4 is 0 Å². The van der Waals surface area contributed by atoms with Crippen LogP contribution in [0.5, 0.6) is 0 Å². The van der Waals surface area contributed by atoms with Gasteiger partial charge in [0.2, 0.25) is 5.91 Å². The van der Waals surface area contributed by atoms with Crippen molar-refractivity contribution in [3.8, 4) is 0 Å². The van der Waals surface area contributed by atoms with E-state index in [1.165, 1.54) is 0 Å². The van der Waals surface area contributed by atoms with Gasteiger partial charge in [-0.25, -0.2) is 0 Å². The summed E-state index contributed by atoms with van der Waals surface area (Å²) in [5.74, 6) is 0.0620. The van der Waals surface area contributed by atoms with Crippen molar-refractivity contribution in [2.24, 2.45) is 0 Å². The number of hydrogen-bond acceptors (Lipinski definition) is 3. The summed E-state index contributed by atoms with van der Waals surface area (Å²) in [6.45, 7) is 9.03. The second-order valence-corrected chi connectivity index (χ2v) is 5.17. The topological polar surface area (TPSA) is 38.8 Å². The summed E-state index contributed by atoms with van der Waals surface area (Å²) in [5, 5.41) is 0. The van der Waals surface area contributed by atoms with Gasteiger partial charge in [0.1, 0.15) is 0 Å². The fraction of sp³-hybridized carbons (Fsp3) is 0.812. The van der Waals surface area contributed by atoms with E-state index < -0.39 is 0 Å². The lowest BCUT2D eigenvalue weighted by atomic mass is 10.0. The zero-order chi connectivity index (χ0) is 14.8. The SMILES string of the molecule is CCCCOCC1C(OCCCC)C=CC(=O)N1CC. The van der Waals surface area contributed by atoms with Crippen LogP contribution in [0.1, 0.15) is 46.5 Å².